The number of hydrogen-bond donors (Lipinski definition) is 1. The SMILES string of the molecule is C=C1/C=C\C=N/N(c2cccc(C)n2)C2=C1c1ccccc1C1=C(C=CCN1)O2. The fraction of sp³-hybridized carbons (Fsp3) is 0.0833. The summed E-state index contributed by atoms with van der Waals surface area (Å²) in [5.74, 6) is 2.02. The minimum atomic E-state index is 0.583. The monoisotopic (exact) mass is 380 g/mol. The van der Waals surface area contributed by atoms with Gasteiger partial charge in [-0.15, -0.1) is 0 Å². The minimum absolute atomic E-state index is 0.583. The van der Waals surface area contributed by atoms with Crippen molar-refractivity contribution in [2.24, 2.45) is 5.10 Å². The lowest BCUT2D eigenvalue weighted by Crippen LogP contribution is -2.22. The number of anilines is 1. The molecule has 0 aliphatic carbocycles. The lowest BCUT2D eigenvalue weighted by atomic mass is 9.92. The van der Waals surface area contributed by atoms with Gasteiger partial charge in [-0.1, -0.05) is 49.1 Å². The Kier molecular flexibility index (Phi) is 4.13. The van der Waals surface area contributed by atoms with Crippen LogP contribution in [0.25, 0.3) is 11.3 Å². The average Bonchev–Trinajstić information content (AvgIpc) is 2.87. The van der Waals surface area contributed by atoms with E-state index in [1.54, 1.807) is 11.2 Å². The van der Waals surface area contributed by atoms with Gasteiger partial charge in [-0.25, -0.2) is 4.98 Å². The van der Waals surface area contributed by atoms with Gasteiger partial charge in [0.2, 0.25) is 5.88 Å². The van der Waals surface area contributed by atoms with Gasteiger partial charge < -0.3 is 10.1 Å². The quantitative estimate of drug-likeness (QED) is 0.789. The number of pyridine rings is 1. The van der Waals surface area contributed by atoms with Crippen molar-refractivity contribution in [3.63, 3.8) is 0 Å². The zero-order valence-corrected chi connectivity index (χ0v) is 16.1. The van der Waals surface area contributed by atoms with Crippen LogP contribution in [0.2, 0.25) is 0 Å². The van der Waals surface area contributed by atoms with E-state index in [2.05, 4.69) is 34.1 Å². The summed E-state index contributed by atoms with van der Waals surface area (Å²) in [5.41, 5.74) is 5.73. The summed E-state index contributed by atoms with van der Waals surface area (Å²) >= 11 is 0. The van der Waals surface area contributed by atoms with Crippen LogP contribution in [0.1, 0.15) is 16.8 Å². The van der Waals surface area contributed by atoms with Gasteiger partial charge in [-0.3, -0.25) is 0 Å². The molecule has 0 saturated heterocycles. The highest BCUT2D eigenvalue weighted by molar-refractivity contribution is 5.93. The van der Waals surface area contributed by atoms with E-state index in [4.69, 9.17) is 4.74 Å². The average molecular weight is 380 g/mol. The molecule has 29 heavy (non-hydrogen) atoms. The smallest absolute Gasteiger partial charge is 0.230 e. The van der Waals surface area contributed by atoms with Crippen molar-refractivity contribution >= 4 is 23.3 Å². The summed E-state index contributed by atoms with van der Waals surface area (Å²) in [6.45, 7) is 7.03. The molecule has 1 aromatic carbocycles. The highest BCUT2D eigenvalue weighted by Crippen LogP contribution is 2.41. The highest BCUT2D eigenvalue weighted by atomic mass is 16.5. The van der Waals surface area contributed by atoms with Crippen molar-refractivity contribution in [1.29, 1.82) is 0 Å². The van der Waals surface area contributed by atoms with E-state index < -0.39 is 0 Å². The maximum atomic E-state index is 6.50. The number of fused-ring (bicyclic) bond motifs is 3. The molecule has 0 atom stereocenters. The molecule has 0 amide bonds. The molecule has 2 aromatic rings. The topological polar surface area (TPSA) is 49.8 Å². The van der Waals surface area contributed by atoms with Crippen LogP contribution in [0.15, 0.2) is 95.7 Å². The molecule has 5 rings (SSSR count). The maximum Gasteiger partial charge on any atom is 0.230 e. The molecular formula is C24H20N4O. The normalized spacial score (nSPS) is 19.8. The number of rotatable bonds is 1. The van der Waals surface area contributed by atoms with Crippen LogP contribution in [-0.4, -0.2) is 17.7 Å². The van der Waals surface area contributed by atoms with E-state index in [0.717, 1.165) is 46.0 Å². The number of ether oxygens (including phenoxy) is 1. The van der Waals surface area contributed by atoms with Crippen LogP contribution in [-0.2, 0) is 4.74 Å². The number of aromatic nitrogens is 1. The first kappa shape index (κ1) is 17.3. The Morgan fingerprint density at radius 1 is 1.07 bits per heavy atom. The maximum absolute atomic E-state index is 6.50. The Morgan fingerprint density at radius 2 is 1.93 bits per heavy atom. The predicted octanol–water partition coefficient (Wildman–Crippen LogP) is 4.54. The van der Waals surface area contributed by atoms with Gasteiger partial charge in [-0.05, 0) is 42.3 Å². The molecule has 1 N–H and O–H groups in total. The second kappa shape index (κ2) is 6.95. The molecule has 0 saturated carbocycles. The number of aryl methyl sites for hydroxylation is 1. The molecular weight excluding hydrogens is 360 g/mol. The zero-order chi connectivity index (χ0) is 19.8. The van der Waals surface area contributed by atoms with Crippen molar-refractivity contribution in [3.05, 3.63) is 107 Å². The molecule has 142 valence electrons. The Morgan fingerprint density at radius 3 is 2.79 bits per heavy atom. The largest absolute Gasteiger partial charge is 0.436 e. The molecule has 5 heteroatoms. The molecule has 0 fully saturated rings. The van der Waals surface area contributed by atoms with E-state index in [-0.39, 0.29) is 0 Å². The number of hydrazone groups is 1. The Labute approximate surface area is 169 Å². The van der Waals surface area contributed by atoms with Crippen LogP contribution in [0, 0.1) is 6.92 Å². The second-order valence-corrected chi connectivity index (χ2v) is 6.95. The Balaban J connectivity index is 1.81. The van der Waals surface area contributed by atoms with Crippen molar-refractivity contribution in [1.82, 2.24) is 10.3 Å². The lowest BCUT2D eigenvalue weighted by molar-refractivity contribution is 0.309. The zero-order valence-electron chi connectivity index (χ0n) is 16.1. The second-order valence-electron chi connectivity index (χ2n) is 6.95. The van der Waals surface area contributed by atoms with Gasteiger partial charge in [-0.2, -0.15) is 10.1 Å². The van der Waals surface area contributed by atoms with Crippen LogP contribution < -0.4 is 10.3 Å². The van der Waals surface area contributed by atoms with E-state index in [0.29, 0.717) is 11.7 Å². The molecule has 0 bridgehead atoms. The third kappa shape index (κ3) is 2.97. The highest BCUT2D eigenvalue weighted by Gasteiger charge is 2.30. The lowest BCUT2D eigenvalue weighted by Gasteiger charge is -2.25. The van der Waals surface area contributed by atoms with Crippen LogP contribution in [0.4, 0.5) is 5.82 Å². The van der Waals surface area contributed by atoms with Crippen molar-refractivity contribution in [3.8, 4) is 0 Å². The number of allylic oxidation sites excluding steroid dienone is 5. The molecule has 0 unspecified atom stereocenters. The summed E-state index contributed by atoms with van der Waals surface area (Å²) < 4.78 is 6.50. The Hall–Kier alpha value is -3.86. The number of dihydropyridines is 1. The van der Waals surface area contributed by atoms with Gasteiger partial charge >= 0.3 is 0 Å². The van der Waals surface area contributed by atoms with Crippen molar-refractivity contribution in [2.45, 2.75) is 6.92 Å². The molecule has 3 aliphatic rings. The van der Waals surface area contributed by atoms with E-state index in [9.17, 15) is 0 Å². The van der Waals surface area contributed by atoms with E-state index >= 15 is 0 Å². The first-order valence-electron chi connectivity index (χ1n) is 9.52. The van der Waals surface area contributed by atoms with Crippen molar-refractivity contribution < 1.29 is 4.74 Å². The summed E-state index contributed by atoms with van der Waals surface area (Å²) in [6.07, 6.45) is 9.61. The first-order chi connectivity index (χ1) is 14.2. The number of hydrogen-bond acceptors (Lipinski definition) is 5. The van der Waals surface area contributed by atoms with Crippen LogP contribution in [0.5, 0.6) is 0 Å². The number of nitrogens with zero attached hydrogens (tertiary/aromatic N) is 3. The van der Waals surface area contributed by atoms with Crippen molar-refractivity contribution in [2.75, 3.05) is 11.6 Å². The fourth-order valence-electron chi connectivity index (χ4n) is 3.67. The molecule has 0 radical (unpaired) electrons. The van der Waals surface area contributed by atoms with Gasteiger partial charge in [0.15, 0.2) is 11.6 Å². The molecule has 0 spiro atoms. The van der Waals surface area contributed by atoms with Gasteiger partial charge in [0.25, 0.3) is 0 Å². The van der Waals surface area contributed by atoms with Crippen LogP contribution >= 0.6 is 0 Å². The summed E-state index contributed by atoms with van der Waals surface area (Å²) in [4.78, 5) is 4.67. The fourth-order valence-corrected chi connectivity index (χ4v) is 3.67. The van der Waals surface area contributed by atoms with E-state index in [1.165, 1.54) is 0 Å². The number of nitrogens with one attached hydrogen (secondary N) is 1. The molecule has 1 aromatic heterocycles. The van der Waals surface area contributed by atoms with E-state index in [1.807, 2.05) is 61.6 Å². The number of benzene rings is 1. The first-order valence-corrected chi connectivity index (χ1v) is 9.52. The third-order valence-corrected chi connectivity index (χ3v) is 4.97. The predicted molar refractivity (Wildman–Crippen MR) is 117 cm³/mol. The summed E-state index contributed by atoms with van der Waals surface area (Å²) in [7, 11) is 0. The van der Waals surface area contributed by atoms with Crippen LogP contribution in [0.3, 0.4) is 0 Å². The summed E-state index contributed by atoms with van der Waals surface area (Å²) in [5, 5.41) is 9.83. The standard InChI is InChI=1S/C24H20N4O/c1-16-8-6-15-26-28(21-13-5-9-17(2)27-21)24-22(16)18-10-3-4-11-19(18)23-20(29-24)12-7-14-25-23/h3-13,15,25H,1,14H2,2H3/b8-6-,26-15-. The third-order valence-electron chi connectivity index (χ3n) is 4.97. The van der Waals surface area contributed by atoms with Gasteiger partial charge in [0.1, 0.15) is 0 Å². The molecule has 5 nitrogen and oxygen atoms in total. The van der Waals surface area contributed by atoms with Gasteiger partial charge in [0.05, 0.1) is 11.3 Å². The minimum Gasteiger partial charge on any atom is -0.436 e. The summed E-state index contributed by atoms with van der Waals surface area (Å²) in [6, 6.07) is 14.1. The molecule has 3 aliphatic heterocycles. The van der Waals surface area contributed by atoms with Gasteiger partial charge in [0, 0.05) is 24.0 Å². The molecule has 4 heterocycles. The Bertz CT molecular complexity index is 1170.